The Labute approximate surface area is 245 Å². The van der Waals surface area contributed by atoms with Gasteiger partial charge in [0.25, 0.3) is 0 Å². The Morgan fingerprint density at radius 2 is 1.87 bits per heavy atom. The van der Waals surface area contributed by atoms with Crippen LogP contribution < -0.4 is 0 Å². The minimum absolute atomic E-state index is 0.196. The SMILES string of the molecule is C=CC[C@@]1(I)CC(c2cccc(Cl)c2)[C@@H](c2ccc(Cl)cc2)N(C(CC)CN(CC(F)(F)F)C(C)=O)C1=O. The number of nitrogens with zero attached hydrogens (tertiary/aromatic N) is 2. The molecule has 0 aromatic heterocycles. The molecule has 38 heavy (non-hydrogen) atoms. The number of allylic oxidation sites excluding steroid dienone is 1. The van der Waals surface area contributed by atoms with Crippen LogP contribution in [-0.2, 0) is 9.59 Å². The molecule has 2 amide bonds. The van der Waals surface area contributed by atoms with Crippen molar-refractivity contribution in [2.45, 2.75) is 60.7 Å². The second kappa shape index (κ2) is 12.6. The lowest BCUT2D eigenvalue weighted by atomic mass is 9.74. The van der Waals surface area contributed by atoms with E-state index in [0.29, 0.717) is 29.3 Å². The van der Waals surface area contributed by atoms with Gasteiger partial charge in [-0.25, -0.2) is 0 Å². The maximum Gasteiger partial charge on any atom is 0.406 e. The van der Waals surface area contributed by atoms with Crippen molar-refractivity contribution < 1.29 is 22.8 Å². The first-order chi connectivity index (χ1) is 17.8. The van der Waals surface area contributed by atoms with Gasteiger partial charge in [0.05, 0.1) is 6.04 Å². The van der Waals surface area contributed by atoms with Gasteiger partial charge in [0, 0.05) is 35.5 Å². The summed E-state index contributed by atoms with van der Waals surface area (Å²) in [5, 5.41) is 1.07. The largest absolute Gasteiger partial charge is 0.406 e. The Bertz CT molecular complexity index is 1160. The molecule has 4 atom stereocenters. The highest BCUT2D eigenvalue weighted by Crippen LogP contribution is 2.52. The van der Waals surface area contributed by atoms with Crippen LogP contribution in [-0.4, -0.2) is 50.3 Å². The molecule has 3 rings (SSSR count). The molecule has 4 nitrogen and oxygen atoms in total. The molecular weight excluding hydrogens is 651 g/mol. The molecule has 1 fully saturated rings. The fourth-order valence-corrected chi connectivity index (χ4v) is 6.56. The lowest BCUT2D eigenvalue weighted by Crippen LogP contribution is -2.59. The molecule has 1 saturated heterocycles. The summed E-state index contributed by atoms with van der Waals surface area (Å²) in [4.78, 5) is 29.0. The van der Waals surface area contributed by atoms with E-state index < -0.39 is 34.1 Å². The molecule has 0 bridgehead atoms. The summed E-state index contributed by atoms with van der Waals surface area (Å²) in [5.74, 6) is -1.13. The molecule has 0 aliphatic carbocycles. The number of benzene rings is 2. The summed E-state index contributed by atoms with van der Waals surface area (Å²) >= 11 is 14.7. The Hall–Kier alpha value is -1.78. The van der Waals surface area contributed by atoms with Crippen LogP contribution in [0.5, 0.6) is 0 Å². The van der Waals surface area contributed by atoms with Gasteiger partial charge in [0.15, 0.2) is 0 Å². The number of alkyl halides is 4. The van der Waals surface area contributed by atoms with Crippen LogP contribution in [0, 0.1) is 0 Å². The number of carbonyl (C=O) groups excluding carboxylic acids is 2. The fourth-order valence-electron chi connectivity index (χ4n) is 5.17. The summed E-state index contributed by atoms with van der Waals surface area (Å²) < 4.78 is 39.2. The van der Waals surface area contributed by atoms with Crippen LogP contribution in [0.2, 0.25) is 10.0 Å². The summed E-state index contributed by atoms with van der Waals surface area (Å²) in [5.41, 5.74) is 1.71. The zero-order valence-corrected chi connectivity index (χ0v) is 24.8. The summed E-state index contributed by atoms with van der Waals surface area (Å²) in [6.45, 7) is 5.14. The number of likely N-dealkylation sites (tertiary alicyclic amines) is 1. The minimum atomic E-state index is -4.56. The fraction of sp³-hybridized carbons (Fsp3) is 0.429. The van der Waals surface area contributed by atoms with E-state index >= 15 is 0 Å². The number of halogens is 6. The lowest BCUT2D eigenvalue weighted by Gasteiger charge is -2.52. The molecule has 2 aromatic rings. The van der Waals surface area contributed by atoms with E-state index in [1.54, 1.807) is 29.2 Å². The highest BCUT2D eigenvalue weighted by Gasteiger charge is 2.52. The van der Waals surface area contributed by atoms with Crippen molar-refractivity contribution in [2.75, 3.05) is 13.1 Å². The summed E-state index contributed by atoms with van der Waals surface area (Å²) in [6, 6.07) is 13.4. The monoisotopic (exact) mass is 680 g/mol. The van der Waals surface area contributed by atoms with Crippen LogP contribution in [0.3, 0.4) is 0 Å². The number of piperidine rings is 1. The Balaban J connectivity index is 2.20. The van der Waals surface area contributed by atoms with E-state index in [1.165, 1.54) is 0 Å². The molecule has 206 valence electrons. The van der Waals surface area contributed by atoms with Gasteiger partial charge < -0.3 is 9.80 Å². The van der Waals surface area contributed by atoms with E-state index in [4.69, 9.17) is 23.2 Å². The second-order valence-electron chi connectivity index (χ2n) is 9.61. The first-order valence-electron chi connectivity index (χ1n) is 12.3. The number of carbonyl (C=O) groups is 2. The van der Waals surface area contributed by atoms with Gasteiger partial charge in [-0.05, 0) is 54.7 Å². The predicted octanol–water partition coefficient (Wildman–Crippen LogP) is 7.99. The summed E-state index contributed by atoms with van der Waals surface area (Å²) in [6.07, 6.45) is -1.68. The third kappa shape index (κ3) is 7.24. The molecule has 0 N–H and O–H groups in total. The van der Waals surface area contributed by atoms with Gasteiger partial charge in [0.2, 0.25) is 11.8 Å². The van der Waals surface area contributed by atoms with Crippen LogP contribution in [0.15, 0.2) is 61.2 Å². The first kappa shape index (κ1) is 30.8. The lowest BCUT2D eigenvalue weighted by molar-refractivity contribution is -0.163. The molecule has 2 aromatic carbocycles. The molecule has 0 saturated carbocycles. The van der Waals surface area contributed by atoms with E-state index in [9.17, 15) is 22.8 Å². The highest BCUT2D eigenvalue weighted by molar-refractivity contribution is 14.1. The van der Waals surface area contributed by atoms with Gasteiger partial charge in [-0.2, -0.15) is 13.2 Å². The molecule has 0 radical (unpaired) electrons. The van der Waals surface area contributed by atoms with Crippen LogP contribution in [0.25, 0.3) is 0 Å². The topological polar surface area (TPSA) is 40.6 Å². The third-order valence-electron chi connectivity index (χ3n) is 6.91. The predicted molar refractivity (Wildman–Crippen MR) is 154 cm³/mol. The van der Waals surface area contributed by atoms with Crippen molar-refractivity contribution in [3.05, 3.63) is 82.4 Å². The van der Waals surface area contributed by atoms with Gasteiger partial charge in [0.1, 0.15) is 9.97 Å². The maximum absolute atomic E-state index is 14.3. The van der Waals surface area contributed by atoms with Gasteiger partial charge >= 0.3 is 6.18 Å². The number of rotatable bonds is 9. The minimum Gasteiger partial charge on any atom is -0.332 e. The van der Waals surface area contributed by atoms with Crippen molar-refractivity contribution in [3.8, 4) is 0 Å². The number of hydrogen-bond acceptors (Lipinski definition) is 2. The molecule has 1 heterocycles. The Morgan fingerprint density at radius 1 is 1.21 bits per heavy atom. The zero-order valence-electron chi connectivity index (χ0n) is 21.1. The second-order valence-corrected chi connectivity index (χ2v) is 12.5. The Kier molecular flexibility index (Phi) is 10.2. The molecule has 0 spiro atoms. The number of amides is 2. The molecule has 1 aliphatic rings. The average Bonchev–Trinajstić information content (AvgIpc) is 2.83. The van der Waals surface area contributed by atoms with Crippen molar-refractivity contribution in [3.63, 3.8) is 0 Å². The maximum atomic E-state index is 14.3. The average molecular weight is 681 g/mol. The smallest absolute Gasteiger partial charge is 0.332 e. The quantitative estimate of drug-likeness (QED) is 0.153. The van der Waals surface area contributed by atoms with E-state index in [-0.39, 0.29) is 18.4 Å². The van der Waals surface area contributed by atoms with E-state index in [1.807, 2.05) is 37.3 Å². The van der Waals surface area contributed by atoms with Crippen molar-refractivity contribution >= 4 is 57.6 Å². The van der Waals surface area contributed by atoms with Crippen molar-refractivity contribution in [1.82, 2.24) is 9.80 Å². The highest BCUT2D eigenvalue weighted by atomic mass is 127. The normalized spacial score (nSPS) is 22.7. The van der Waals surface area contributed by atoms with E-state index in [0.717, 1.165) is 23.0 Å². The zero-order chi connectivity index (χ0) is 28.3. The molecule has 10 heteroatoms. The molecule has 1 aliphatic heterocycles. The summed E-state index contributed by atoms with van der Waals surface area (Å²) in [7, 11) is 0. The van der Waals surface area contributed by atoms with Crippen LogP contribution in [0.1, 0.15) is 56.2 Å². The molecular formula is C28H30Cl2F3IN2O2. The van der Waals surface area contributed by atoms with Crippen molar-refractivity contribution in [2.24, 2.45) is 0 Å². The van der Waals surface area contributed by atoms with Crippen LogP contribution in [0.4, 0.5) is 13.2 Å². The molecule has 2 unspecified atom stereocenters. The van der Waals surface area contributed by atoms with Crippen molar-refractivity contribution in [1.29, 1.82) is 0 Å². The van der Waals surface area contributed by atoms with Crippen LogP contribution >= 0.6 is 45.8 Å². The number of hydrogen-bond donors (Lipinski definition) is 0. The Morgan fingerprint density at radius 3 is 2.39 bits per heavy atom. The van der Waals surface area contributed by atoms with Gasteiger partial charge in [-0.3, -0.25) is 9.59 Å². The third-order valence-corrected chi connectivity index (χ3v) is 8.74. The standard InChI is InChI=1S/C28H30Cl2F3IN2O2/c1-4-13-27(34)15-24(20-7-6-8-22(30)14-20)25(19-9-11-21(29)12-10-19)36(26(27)38)23(5-2)16-35(18(3)37)17-28(31,32)33/h4,6-12,14,23-25H,1,5,13,15-17H2,2-3H3/t23?,24?,25-,27-/m1/s1. The van der Waals surface area contributed by atoms with Gasteiger partial charge in [-0.1, -0.05) is 83.1 Å². The van der Waals surface area contributed by atoms with E-state index in [2.05, 4.69) is 29.2 Å². The van der Waals surface area contributed by atoms with Gasteiger partial charge in [-0.15, -0.1) is 6.58 Å². The first-order valence-corrected chi connectivity index (χ1v) is 14.1.